The quantitative estimate of drug-likeness (QED) is 0.929. The van der Waals surface area contributed by atoms with E-state index in [9.17, 15) is 4.79 Å². The van der Waals surface area contributed by atoms with Crippen LogP contribution in [-0.4, -0.2) is 4.57 Å². The van der Waals surface area contributed by atoms with E-state index in [1.54, 1.807) is 10.8 Å². The summed E-state index contributed by atoms with van der Waals surface area (Å²) in [5.41, 5.74) is 6.78. The van der Waals surface area contributed by atoms with Crippen LogP contribution >= 0.6 is 15.9 Å². The zero-order chi connectivity index (χ0) is 13.9. The summed E-state index contributed by atoms with van der Waals surface area (Å²) in [5.74, 6) is 0. The maximum Gasteiger partial charge on any atom is 0.265 e. The lowest BCUT2D eigenvalue weighted by molar-refractivity contribution is 0.413. The van der Waals surface area contributed by atoms with Crippen LogP contribution in [0.25, 0.3) is 0 Å². The summed E-state index contributed by atoms with van der Waals surface area (Å²) in [6.07, 6.45) is 3.19. The highest BCUT2D eigenvalue weighted by molar-refractivity contribution is 9.10. The van der Waals surface area contributed by atoms with Crippen molar-refractivity contribution in [3.63, 3.8) is 0 Å². The molecule has 0 aliphatic carbocycles. The van der Waals surface area contributed by atoms with Gasteiger partial charge in [-0.15, -0.1) is 0 Å². The van der Waals surface area contributed by atoms with E-state index in [1.165, 1.54) is 0 Å². The molecule has 1 heterocycles. The van der Waals surface area contributed by atoms with Gasteiger partial charge in [-0.3, -0.25) is 4.79 Å². The Morgan fingerprint density at radius 1 is 1.56 bits per heavy atom. The fourth-order valence-electron chi connectivity index (χ4n) is 1.65. The second-order valence-corrected chi connectivity index (χ2v) is 5.91. The van der Waals surface area contributed by atoms with Crippen molar-refractivity contribution in [2.45, 2.75) is 40.2 Å². The Balaban J connectivity index is 2.82. The molecule has 0 bridgehead atoms. The highest BCUT2D eigenvalue weighted by Crippen LogP contribution is 2.22. The Morgan fingerprint density at radius 2 is 2.17 bits per heavy atom. The van der Waals surface area contributed by atoms with E-state index >= 15 is 0 Å². The van der Waals surface area contributed by atoms with Gasteiger partial charge in [-0.2, -0.15) is 5.26 Å². The number of nitrogens with zero attached hydrogens (tertiary/aromatic N) is 2. The Bertz CT molecular complexity index is 540. The summed E-state index contributed by atoms with van der Waals surface area (Å²) in [4.78, 5) is 12.0. The number of nitrogen functional groups attached to an aromatic ring is 1. The number of nitriles is 1. The van der Waals surface area contributed by atoms with Gasteiger partial charge in [-0.25, -0.2) is 0 Å². The van der Waals surface area contributed by atoms with Crippen LogP contribution in [-0.2, 0) is 6.54 Å². The number of anilines is 1. The van der Waals surface area contributed by atoms with Crippen LogP contribution in [0.1, 0.15) is 32.3 Å². The summed E-state index contributed by atoms with van der Waals surface area (Å²) in [6, 6.07) is 2.25. The number of hydrogen-bond acceptors (Lipinski definition) is 3. The molecular formula is C13H18BrN3O. The molecule has 0 saturated carbocycles. The van der Waals surface area contributed by atoms with Crippen LogP contribution < -0.4 is 11.3 Å². The lowest BCUT2D eigenvalue weighted by atomic mass is 9.90. The number of halogens is 1. The van der Waals surface area contributed by atoms with Crippen LogP contribution in [0.5, 0.6) is 0 Å². The summed E-state index contributed by atoms with van der Waals surface area (Å²) in [6.45, 7) is 6.18. The van der Waals surface area contributed by atoms with Gasteiger partial charge in [-0.1, -0.05) is 0 Å². The molecule has 1 rings (SSSR count). The van der Waals surface area contributed by atoms with Crippen LogP contribution in [0.2, 0.25) is 0 Å². The van der Waals surface area contributed by atoms with E-state index < -0.39 is 0 Å². The molecule has 0 spiro atoms. The van der Waals surface area contributed by atoms with Crippen molar-refractivity contribution in [3.05, 3.63) is 26.6 Å². The lowest BCUT2D eigenvalue weighted by Crippen LogP contribution is -2.23. The summed E-state index contributed by atoms with van der Waals surface area (Å²) in [5, 5.41) is 8.92. The zero-order valence-electron chi connectivity index (χ0n) is 11.0. The molecule has 0 atom stereocenters. The average Bonchev–Trinajstić information content (AvgIpc) is 2.33. The highest BCUT2D eigenvalue weighted by Gasteiger charge is 2.16. The van der Waals surface area contributed by atoms with Gasteiger partial charge in [-0.05, 0) is 55.1 Å². The smallest absolute Gasteiger partial charge is 0.265 e. The standard InChI is InChI=1S/C13H18BrN3O/c1-9-10(16)7-17(12(18)11(9)14)6-4-5-13(2,3)8-15/h7H,4-6,16H2,1-3H3. The molecule has 0 aliphatic rings. The second kappa shape index (κ2) is 5.57. The molecule has 18 heavy (non-hydrogen) atoms. The third-order valence-corrected chi connectivity index (χ3v) is 3.94. The zero-order valence-corrected chi connectivity index (χ0v) is 12.5. The van der Waals surface area contributed by atoms with E-state index in [-0.39, 0.29) is 11.0 Å². The third kappa shape index (κ3) is 3.36. The monoisotopic (exact) mass is 311 g/mol. The molecule has 4 nitrogen and oxygen atoms in total. The van der Waals surface area contributed by atoms with E-state index in [1.807, 2.05) is 20.8 Å². The topological polar surface area (TPSA) is 71.8 Å². The van der Waals surface area contributed by atoms with Crippen molar-refractivity contribution >= 4 is 21.6 Å². The lowest BCUT2D eigenvalue weighted by Gasteiger charge is -2.15. The van der Waals surface area contributed by atoms with Crippen molar-refractivity contribution < 1.29 is 0 Å². The van der Waals surface area contributed by atoms with Gasteiger partial charge in [0.15, 0.2) is 0 Å². The Hall–Kier alpha value is -1.28. The second-order valence-electron chi connectivity index (χ2n) is 5.12. The highest BCUT2D eigenvalue weighted by atomic mass is 79.9. The Morgan fingerprint density at radius 3 is 2.72 bits per heavy atom. The predicted octanol–water partition coefficient (Wildman–Crippen LogP) is 2.83. The summed E-state index contributed by atoms with van der Waals surface area (Å²) < 4.78 is 2.11. The summed E-state index contributed by atoms with van der Waals surface area (Å²) in [7, 11) is 0. The normalized spacial score (nSPS) is 11.3. The molecule has 98 valence electrons. The van der Waals surface area contributed by atoms with E-state index in [4.69, 9.17) is 11.0 Å². The van der Waals surface area contributed by atoms with Gasteiger partial charge in [0.25, 0.3) is 5.56 Å². The minimum Gasteiger partial charge on any atom is -0.397 e. The first-order valence-corrected chi connectivity index (χ1v) is 6.64. The average molecular weight is 312 g/mol. The molecule has 5 heteroatoms. The molecule has 0 fully saturated rings. The number of aryl methyl sites for hydroxylation is 1. The van der Waals surface area contributed by atoms with Crippen molar-refractivity contribution in [1.29, 1.82) is 5.26 Å². The fourth-order valence-corrected chi connectivity index (χ4v) is 2.11. The van der Waals surface area contributed by atoms with Crippen LogP contribution in [0, 0.1) is 23.7 Å². The molecule has 0 amide bonds. The minimum absolute atomic E-state index is 0.0727. The van der Waals surface area contributed by atoms with Gasteiger partial charge in [0.05, 0.1) is 21.6 Å². The molecule has 1 aromatic heterocycles. The van der Waals surface area contributed by atoms with Crippen LogP contribution in [0.3, 0.4) is 0 Å². The van der Waals surface area contributed by atoms with Crippen molar-refractivity contribution in [2.24, 2.45) is 5.41 Å². The van der Waals surface area contributed by atoms with Gasteiger partial charge < -0.3 is 10.3 Å². The minimum atomic E-state index is -0.350. The molecule has 0 unspecified atom stereocenters. The largest absolute Gasteiger partial charge is 0.397 e. The maximum atomic E-state index is 12.0. The molecular weight excluding hydrogens is 294 g/mol. The van der Waals surface area contributed by atoms with Crippen molar-refractivity contribution in [2.75, 3.05) is 5.73 Å². The van der Waals surface area contributed by atoms with Crippen molar-refractivity contribution in [3.8, 4) is 6.07 Å². The molecule has 2 N–H and O–H groups in total. The molecule has 0 radical (unpaired) electrons. The molecule has 1 aromatic rings. The van der Waals surface area contributed by atoms with E-state index in [2.05, 4.69) is 22.0 Å². The van der Waals surface area contributed by atoms with Gasteiger partial charge in [0.2, 0.25) is 0 Å². The summed E-state index contributed by atoms with van der Waals surface area (Å²) >= 11 is 3.26. The first-order valence-electron chi connectivity index (χ1n) is 5.85. The van der Waals surface area contributed by atoms with E-state index in [0.717, 1.165) is 18.4 Å². The molecule has 0 aliphatic heterocycles. The number of pyridine rings is 1. The Kier molecular flexibility index (Phi) is 4.58. The van der Waals surface area contributed by atoms with Gasteiger partial charge >= 0.3 is 0 Å². The predicted molar refractivity (Wildman–Crippen MR) is 76.2 cm³/mol. The first-order chi connectivity index (χ1) is 8.28. The third-order valence-electron chi connectivity index (χ3n) is 3.01. The molecule has 0 aromatic carbocycles. The van der Waals surface area contributed by atoms with Crippen LogP contribution in [0.4, 0.5) is 5.69 Å². The van der Waals surface area contributed by atoms with Crippen molar-refractivity contribution in [1.82, 2.24) is 4.57 Å². The Labute approximate surface area is 116 Å². The van der Waals surface area contributed by atoms with Crippen LogP contribution in [0.15, 0.2) is 15.5 Å². The SMILES string of the molecule is Cc1c(N)cn(CCCC(C)(C)C#N)c(=O)c1Br. The maximum absolute atomic E-state index is 12.0. The number of nitrogens with two attached hydrogens (primary N) is 1. The number of aromatic nitrogens is 1. The number of hydrogen-bond donors (Lipinski definition) is 1. The van der Waals surface area contributed by atoms with Gasteiger partial charge in [0, 0.05) is 12.7 Å². The fraction of sp³-hybridized carbons (Fsp3) is 0.538. The molecule has 0 saturated heterocycles. The first kappa shape index (κ1) is 14.8. The number of rotatable bonds is 4. The van der Waals surface area contributed by atoms with Gasteiger partial charge in [0.1, 0.15) is 0 Å². The van der Waals surface area contributed by atoms with E-state index in [0.29, 0.717) is 16.7 Å².